The van der Waals surface area contributed by atoms with Gasteiger partial charge < -0.3 is 36.4 Å². The minimum absolute atomic E-state index is 0.0365. The molecule has 0 amide bonds. The zero-order valence-electron chi connectivity index (χ0n) is 52.4. The van der Waals surface area contributed by atoms with Crippen LogP contribution in [0.1, 0.15) is 73.7 Å². The van der Waals surface area contributed by atoms with Gasteiger partial charge in [-0.15, -0.1) is 0 Å². The average molecular weight is 1210 g/mol. The molecule has 0 atom stereocenters. The Hall–Kier alpha value is -8.70. The number of nitrogens with zero attached hydrogens (tertiary/aromatic N) is 8. The van der Waals surface area contributed by atoms with Gasteiger partial charge in [-0.2, -0.15) is 0 Å². The molecule has 0 aromatic heterocycles. The molecule has 0 radical (unpaired) electrons. The number of hydrogen-bond donors (Lipinski definition) is 7. The number of benzene rings is 5. The first-order valence-electron chi connectivity index (χ1n) is 28.7. The first-order valence-corrected chi connectivity index (χ1v) is 28.7. The Morgan fingerprint density at radius 3 is 1.28 bits per heavy atom. The average Bonchev–Trinajstić information content (AvgIpc) is 2.90. The monoisotopic (exact) mass is 1210 g/mol. The van der Waals surface area contributed by atoms with E-state index in [1.165, 1.54) is 16.7 Å². The lowest BCUT2D eigenvalue weighted by molar-refractivity contribution is -0.139. The molecule has 21 nitrogen and oxygen atoms in total. The largest absolute Gasteiger partial charge is 0.480 e. The predicted octanol–water partition coefficient (Wildman–Crippen LogP) is 7.24. The Labute approximate surface area is 516 Å². The number of aliphatic imine (C=N–C) groups is 2. The number of hydrogen-bond acceptors (Lipinski definition) is 15. The van der Waals surface area contributed by atoms with Crippen molar-refractivity contribution in [1.29, 1.82) is 0 Å². The van der Waals surface area contributed by atoms with Crippen molar-refractivity contribution in [3.05, 3.63) is 188 Å². The number of carbonyl (C=O) groups is 6. The number of anilines is 1. The molecule has 5 aromatic rings. The summed E-state index contributed by atoms with van der Waals surface area (Å²) in [6.45, 7) is 8.65. The SMILES string of the molecule is CCc1ccc(C)c(CN(C)CC(=O)O)c1.CN(CC(=O)O)Cc1cccc(N)c1.CN=C1C=CC(=Nc2ccc(Cc3ccc(Cc4ccc(C)c(CN(C)CC(=O)O)c4)c(CN(C)CC(=O)O)c3)c(CN(C)CC(=O)O)c2)C(CN(C)CC(=O)O)=C1. The molecular formula is C67H87N9O12. The van der Waals surface area contributed by atoms with Crippen LogP contribution < -0.4 is 5.73 Å². The number of nitrogens with two attached hydrogens (primary N) is 1. The summed E-state index contributed by atoms with van der Waals surface area (Å²) in [6, 6.07) is 32.1. The lowest BCUT2D eigenvalue weighted by Gasteiger charge is -2.21. The topological polar surface area (TPSA) is 294 Å². The van der Waals surface area contributed by atoms with Crippen molar-refractivity contribution in [2.45, 2.75) is 72.8 Å². The third-order valence-corrected chi connectivity index (χ3v) is 14.1. The molecule has 88 heavy (non-hydrogen) atoms. The number of rotatable bonds is 30. The van der Waals surface area contributed by atoms with Gasteiger partial charge in [0.1, 0.15) is 0 Å². The van der Waals surface area contributed by atoms with Crippen LogP contribution in [0, 0.1) is 13.8 Å². The van der Waals surface area contributed by atoms with E-state index in [4.69, 9.17) is 20.9 Å². The van der Waals surface area contributed by atoms with Crippen molar-refractivity contribution < 1.29 is 59.4 Å². The molecule has 5 aromatic carbocycles. The van der Waals surface area contributed by atoms with Gasteiger partial charge in [-0.3, -0.25) is 63.2 Å². The summed E-state index contributed by atoms with van der Waals surface area (Å²) < 4.78 is 0. The molecule has 0 saturated carbocycles. The van der Waals surface area contributed by atoms with E-state index in [0.29, 0.717) is 69.2 Å². The van der Waals surface area contributed by atoms with Crippen LogP contribution in [0.2, 0.25) is 0 Å². The first kappa shape index (κ1) is 71.8. The molecule has 0 heterocycles. The molecule has 6 rings (SSSR count). The highest BCUT2D eigenvalue weighted by molar-refractivity contribution is 6.22. The van der Waals surface area contributed by atoms with Crippen LogP contribution in [-0.4, -0.2) is 202 Å². The van der Waals surface area contributed by atoms with E-state index in [1.807, 2.05) is 79.6 Å². The van der Waals surface area contributed by atoms with Crippen LogP contribution >= 0.6 is 0 Å². The molecule has 0 bridgehead atoms. The van der Waals surface area contributed by atoms with Crippen molar-refractivity contribution in [1.82, 2.24) is 29.4 Å². The number of carboxylic acids is 6. The first-order chi connectivity index (χ1) is 41.6. The molecular weight excluding hydrogens is 1120 g/mol. The quantitative estimate of drug-likeness (QED) is 0.0176. The Bertz CT molecular complexity index is 3360. The van der Waals surface area contributed by atoms with Crippen molar-refractivity contribution in [2.24, 2.45) is 9.98 Å². The standard InChI is InChI=1S/C44H54N6O8.C13H19NO2.C10H14N2O2/c1-29-7-8-30(17-34(29)21-47(3)25-41(51)52)15-32-10-9-31(18-35(32)22-48(4)26-42(53)54)16-33-11-12-39(19-36(33)23-49(5)27-43(55)56)46-40-14-13-38(45-2)20-37(40)24-50(6)28-44(57)58;1-4-11-6-5-10(2)12(7-11)8-14(3)9-13(15)16;1-12(7-10(13)14)6-8-3-2-4-9(11)5-8/h7-14,17-20H,15-16,21-28H2,1-6H3,(H,51,52)(H,53,54)(H,55,56)(H,57,58);5-7H,4,8-9H2,1-3H3,(H,15,16);2-5H,6-7,11H2,1H3,(H,13,14). The van der Waals surface area contributed by atoms with Gasteiger partial charge in [-0.1, -0.05) is 79.7 Å². The number of nitrogen functional groups attached to an aromatic ring is 1. The molecule has 1 aliphatic rings. The third-order valence-electron chi connectivity index (χ3n) is 14.1. The Morgan fingerprint density at radius 2 is 0.830 bits per heavy atom. The highest BCUT2D eigenvalue weighted by atomic mass is 16.4. The van der Waals surface area contributed by atoms with E-state index < -0.39 is 35.8 Å². The van der Waals surface area contributed by atoms with E-state index in [9.17, 15) is 49.2 Å². The minimum atomic E-state index is -0.944. The van der Waals surface area contributed by atoms with Gasteiger partial charge in [0.2, 0.25) is 0 Å². The maximum Gasteiger partial charge on any atom is 0.317 e. The zero-order chi connectivity index (χ0) is 65.2. The number of likely N-dealkylation sites (N-methyl/N-ethyl adjacent to an activating group) is 6. The maximum absolute atomic E-state index is 11.6. The number of carboxylic acid groups (broad SMARTS) is 6. The molecule has 0 unspecified atom stereocenters. The Balaban J connectivity index is 0.000000445. The van der Waals surface area contributed by atoms with E-state index in [2.05, 4.69) is 67.4 Å². The minimum Gasteiger partial charge on any atom is -0.480 e. The van der Waals surface area contributed by atoms with Crippen LogP contribution in [0.5, 0.6) is 0 Å². The molecule has 21 heteroatoms. The highest BCUT2D eigenvalue weighted by Crippen LogP contribution is 2.27. The fourth-order valence-electron chi connectivity index (χ4n) is 9.93. The van der Waals surface area contributed by atoms with Crippen LogP contribution in [0.3, 0.4) is 0 Å². The third kappa shape index (κ3) is 26.5. The number of allylic oxidation sites excluding steroid dienone is 3. The lowest BCUT2D eigenvalue weighted by Crippen LogP contribution is -2.30. The smallest absolute Gasteiger partial charge is 0.317 e. The van der Waals surface area contributed by atoms with Gasteiger partial charge in [0, 0.05) is 52.0 Å². The molecule has 8 N–H and O–H groups in total. The number of aryl methyl sites for hydroxylation is 3. The van der Waals surface area contributed by atoms with E-state index in [-0.39, 0.29) is 39.3 Å². The molecule has 0 saturated heterocycles. The second-order valence-corrected chi connectivity index (χ2v) is 22.6. The lowest BCUT2D eigenvalue weighted by atomic mass is 9.92. The molecule has 472 valence electrons. The Kier molecular flexibility index (Phi) is 29.2. The van der Waals surface area contributed by atoms with Gasteiger partial charge in [0.05, 0.1) is 56.4 Å². The predicted molar refractivity (Wildman–Crippen MR) is 344 cm³/mol. The number of aliphatic carboxylic acids is 6. The summed E-state index contributed by atoms with van der Waals surface area (Å²) in [5, 5.41) is 54.8. The fourth-order valence-corrected chi connectivity index (χ4v) is 9.93. The Morgan fingerprint density at radius 1 is 0.432 bits per heavy atom. The van der Waals surface area contributed by atoms with Gasteiger partial charge in [0.25, 0.3) is 0 Å². The summed E-state index contributed by atoms with van der Waals surface area (Å²) in [7, 11) is 12.3. The highest BCUT2D eigenvalue weighted by Gasteiger charge is 2.19. The van der Waals surface area contributed by atoms with Gasteiger partial charge in [-0.25, -0.2) is 4.99 Å². The zero-order valence-corrected chi connectivity index (χ0v) is 52.4. The van der Waals surface area contributed by atoms with E-state index in [0.717, 1.165) is 67.8 Å². The second-order valence-electron chi connectivity index (χ2n) is 22.6. The van der Waals surface area contributed by atoms with Crippen molar-refractivity contribution in [2.75, 3.05) is 101 Å². The van der Waals surface area contributed by atoms with Crippen molar-refractivity contribution in [3.8, 4) is 0 Å². The summed E-state index contributed by atoms with van der Waals surface area (Å²) in [5.74, 6) is -5.30. The summed E-state index contributed by atoms with van der Waals surface area (Å²) in [5.41, 5.74) is 22.0. The normalized spacial score (nSPS) is 13.0. The van der Waals surface area contributed by atoms with Gasteiger partial charge >= 0.3 is 35.8 Å². The summed E-state index contributed by atoms with van der Waals surface area (Å²) in [4.78, 5) is 86.5. The summed E-state index contributed by atoms with van der Waals surface area (Å²) >= 11 is 0. The molecule has 0 aliphatic heterocycles. The van der Waals surface area contributed by atoms with Crippen LogP contribution in [0.15, 0.2) is 131 Å². The van der Waals surface area contributed by atoms with E-state index in [1.54, 1.807) is 72.9 Å². The van der Waals surface area contributed by atoms with Crippen LogP contribution in [0.4, 0.5) is 11.4 Å². The molecule has 0 fully saturated rings. The van der Waals surface area contributed by atoms with E-state index >= 15 is 0 Å². The van der Waals surface area contributed by atoms with Gasteiger partial charge in [-0.05, 0) is 190 Å². The second kappa shape index (κ2) is 35.8. The van der Waals surface area contributed by atoms with Crippen LogP contribution in [0.25, 0.3) is 0 Å². The van der Waals surface area contributed by atoms with Crippen molar-refractivity contribution >= 4 is 58.6 Å². The summed E-state index contributed by atoms with van der Waals surface area (Å²) in [6.07, 6.45) is 7.72. The molecule has 0 spiro atoms. The van der Waals surface area contributed by atoms with Gasteiger partial charge in [0.15, 0.2) is 0 Å². The maximum atomic E-state index is 11.6. The van der Waals surface area contributed by atoms with Crippen molar-refractivity contribution in [3.63, 3.8) is 0 Å². The fraction of sp³-hybridized carbons (Fsp3) is 0.373. The van der Waals surface area contributed by atoms with Crippen LogP contribution in [-0.2, 0) is 80.8 Å². The molecule has 1 aliphatic carbocycles.